The Labute approximate surface area is 87.9 Å². The van der Waals surface area contributed by atoms with Crippen molar-refractivity contribution < 1.29 is 0 Å². The van der Waals surface area contributed by atoms with E-state index in [0.29, 0.717) is 5.92 Å². The molecule has 0 atom stereocenters. The molecule has 0 saturated heterocycles. The van der Waals surface area contributed by atoms with Gasteiger partial charge in [-0.1, -0.05) is 13.8 Å². The van der Waals surface area contributed by atoms with E-state index in [1.807, 2.05) is 13.0 Å². The summed E-state index contributed by atoms with van der Waals surface area (Å²) in [5.74, 6) is 0.520. The molecule has 0 aliphatic heterocycles. The van der Waals surface area contributed by atoms with E-state index < -0.39 is 0 Å². The molecule has 0 fully saturated rings. The summed E-state index contributed by atoms with van der Waals surface area (Å²) in [5.41, 5.74) is 1.73. The number of aromatic amines is 1. The average Bonchev–Trinajstić information content (AvgIpc) is 2.43. The smallest absolute Gasteiger partial charge is 0.288 e. The fourth-order valence-electron chi connectivity index (χ4n) is 1.87. The first-order chi connectivity index (χ1) is 7.09. The number of nitrogens with zero attached hydrogens (tertiary/aromatic N) is 2. The van der Waals surface area contributed by atoms with Crippen LogP contribution >= 0.6 is 0 Å². The maximum atomic E-state index is 11.7. The molecule has 4 heteroatoms. The second kappa shape index (κ2) is 3.53. The van der Waals surface area contributed by atoms with Crippen molar-refractivity contribution in [3.63, 3.8) is 0 Å². The molecule has 0 aliphatic rings. The van der Waals surface area contributed by atoms with Crippen LogP contribution in [0.1, 0.15) is 19.5 Å². The molecular formula is C11H15N3O. The molecular weight excluding hydrogens is 190 g/mol. The standard InChI is InChI=1S/C11H15N3O/c1-7(2)6-14-8(3)4-9-5-12-13-11(15)10(9)14/h4-5,7H,6H2,1-3H3,(H,13,15). The highest BCUT2D eigenvalue weighted by Crippen LogP contribution is 2.16. The lowest BCUT2D eigenvalue weighted by Gasteiger charge is -2.09. The Morgan fingerprint density at radius 3 is 2.93 bits per heavy atom. The first-order valence-corrected chi connectivity index (χ1v) is 5.13. The number of aromatic nitrogens is 3. The Kier molecular flexibility index (Phi) is 2.34. The van der Waals surface area contributed by atoms with Crippen LogP contribution in [0.3, 0.4) is 0 Å². The molecule has 15 heavy (non-hydrogen) atoms. The van der Waals surface area contributed by atoms with E-state index in [2.05, 4.69) is 28.6 Å². The van der Waals surface area contributed by atoms with E-state index in [9.17, 15) is 4.79 Å². The molecule has 2 heterocycles. The number of fused-ring (bicyclic) bond motifs is 1. The van der Waals surface area contributed by atoms with Crippen LogP contribution in [0.25, 0.3) is 10.9 Å². The van der Waals surface area contributed by atoms with E-state index in [1.165, 1.54) is 0 Å². The SMILES string of the molecule is Cc1cc2cn[nH]c(=O)c2n1CC(C)C. The third-order valence-corrected chi connectivity index (χ3v) is 2.47. The highest BCUT2D eigenvalue weighted by Gasteiger charge is 2.09. The second-order valence-corrected chi connectivity index (χ2v) is 4.29. The Hall–Kier alpha value is -1.58. The summed E-state index contributed by atoms with van der Waals surface area (Å²) < 4.78 is 2.06. The molecule has 0 amide bonds. The van der Waals surface area contributed by atoms with E-state index >= 15 is 0 Å². The fourth-order valence-corrected chi connectivity index (χ4v) is 1.87. The molecule has 0 spiro atoms. The van der Waals surface area contributed by atoms with Gasteiger partial charge >= 0.3 is 0 Å². The summed E-state index contributed by atoms with van der Waals surface area (Å²) in [6.07, 6.45) is 1.70. The molecule has 2 aromatic rings. The first-order valence-electron chi connectivity index (χ1n) is 5.13. The van der Waals surface area contributed by atoms with Gasteiger partial charge in [0.25, 0.3) is 5.56 Å². The van der Waals surface area contributed by atoms with Gasteiger partial charge in [0.15, 0.2) is 0 Å². The topological polar surface area (TPSA) is 50.7 Å². The van der Waals surface area contributed by atoms with Gasteiger partial charge < -0.3 is 4.57 Å². The molecule has 0 aromatic carbocycles. The molecule has 0 radical (unpaired) electrons. The van der Waals surface area contributed by atoms with Crippen LogP contribution in [0, 0.1) is 12.8 Å². The summed E-state index contributed by atoms with van der Waals surface area (Å²) in [6, 6.07) is 2.00. The van der Waals surface area contributed by atoms with Crippen LogP contribution in [0.2, 0.25) is 0 Å². The lowest BCUT2D eigenvalue weighted by atomic mass is 10.2. The molecule has 4 nitrogen and oxygen atoms in total. The molecule has 80 valence electrons. The van der Waals surface area contributed by atoms with Crippen molar-refractivity contribution in [1.29, 1.82) is 0 Å². The highest BCUT2D eigenvalue weighted by molar-refractivity contribution is 5.79. The lowest BCUT2D eigenvalue weighted by molar-refractivity contribution is 0.526. The first kappa shape index (κ1) is 9.96. The Morgan fingerprint density at radius 2 is 2.27 bits per heavy atom. The van der Waals surface area contributed by atoms with Crippen molar-refractivity contribution in [1.82, 2.24) is 14.8 Å². The fraction of sp³-hybridized carbons (Fsp3) is 0.455. The summed E-state index contributed by atoms with van der Waals surface area (Å²) in [4.78, 5) is 11.7. The minimum absolute atomic E-state index is 0.110. The van der Waals surface area contributed by atoms with Crippen molar-refractivity contribution in [2.24, 2.45) is 5.92 Å². The van der Waals surface area contributed by atoms with Crippen LogP contribution in [-0.2, 0) is 6.54 Å². The molecule has 0 aliphatic carbocycles. The zero-order valence-corrected chi connectivity index (χ0v) is 9.24. The van der Waals surface area contributed by atoms with E-state index in [1.54, 1.807) is 6.20 Å². The van der Waals surface area contributed by atoms with E-state index in [4.69, 9.17) is 0 Å². The van der Waals surface area contributed by atoms with Gasteiger partial charge in [-0.25, -0.2) is 5.10 Å². The van der Waals surface area contributed by atoms with Gasteiger partial charge in [0.2, 0.25) is 0 Å². The van der Waals surface area contributed by atoms with Crippen LogP contribution in [0.5, 0.6) is 0 Å². The number of nitrogens with one attached hydrogen (secondary N) is 1. The van der Waals surface area contributed by atoms with Crippen molar-refractivity contribution >= 4 is 10.9 Å². The summed E-state index contributed by atoms with van der Waals surface area (Å²) in [5, 5.41) is 7.18. The number of hydrogen-bond acceptors (Lipinski definition) is 2. The molecule has 0 unspecified atom stereocenters. The quantitative estimate of drug-likeness (QED) is 0.811. The average molecular weight is 205 g/mol. The van der Waals surface area contributed by atoms with Gasteiger partial charge in [-0.2, -0.15) is 5.10 Å². The molecule has 0 saturated carbocycles. The normalized spacial score (nSPS) is 11.5. The van der Waals surface area contributed by atoms with Gasteiger partial charge in [-0.05, 0) is 18.9 Å². The van der Waals surface area contributed by atoms with Crippen LogP contribution in [-0.4, -0.2) is 14.8 Å². The van der Waals surface area contributed by atoms with Gasteiger partial charge in [0, 0.05) is 17.6 Å². The van der Waals surface area contributed by atoms with E-state index in [-0.39, 0.29) is 5.56 Å². The number of aryl methyl sites for hydroxylation is 1. The van der Waals surface area contributed by atoms with Crippen molar-refractivity contribution in [3.8, 4) is 0 Å². The predicted octanol–water partition coefficient (Wildman–Crippen LogP) is 1.69. The second-order valence-electron chi connectivity index (χ2n) is 4.29. The van der Waals surface area contributed by atoms with Crippen molar-refractivity contribution in [2.45, 2.75) is 27.3 Å². The van der Waals surface area contributed by atoms with Gasteiger partial charge in [-0.15, -0.1) is 0 Å². The zero-order valence-electron chi connectivity index (χ0n) is 9.24. The Balaban J connectivity index is 2.71. The van der Waals surface area contributed by atoms with Crippen LogP contribution in [0.4, 0.5) is 0 Å². The largest absolute Gasteiger partial charge is 0.340 e. The number of H-pyrrole nitrogens is 1. The minimum Gasteiger partial charge on any atom is -0.340 e. The van der Waals surface area contributed by atoms with Gasteiger partial charge in [-0.3, -0.25) is 4.79 Å². The van der Waals surface area contributed by atoms with Crippen molar-refractivity contribution in [3.05, 3.63) is 28.3 Å². The zero-order chi connectivity index (χ0) is 11.0. The minimum atomic E-state index is -0.110. The summed E-state index contributed by atoms with van der Waals surface area (Å²) in [7, 11) is 0. The van der Waals surface area contributed by atoms with E-state index in [0.717, 1.165) is 23.1 Å². The predicted molar refractivity (Wildman–Crippen MR) is 59.9 cm³/mol. The van der Waals surface area contributed by atoms with Gasteiger partial charge in [0.1, 0.15) is 5.52 Å². The van der Waals surface area contributed by atoms with Crippen molar-refractivity contribution in [2.75, 3.05) is 0 Å². The highest BCUT2D eigenvalue weighted by atomic mass is 16.1. The summed E-state index contributed by atoms with van der Waals surface area (Å²) in [6.45, 7) is 7.16. The third kappa shape index (κ3) is 1.67. The molecule has 2 aromatic heterocycles. The molecule has 0 bridgehead atoms. The molecule has 1 N–H and O–H groups in total. The number of rotatable bonds is 2. The van der Waals surface area contributed by atoms with Gasteiger partial charge in [0.05, 0.1) is 6.20 Å². The summed E-state index contributed by atoms with van der Waals surface area (Å²) >= 11 is 0. The third-order valence-electron chi connectivity index (χ3n) is 2.47. The lowest BCUT2D eigenvalue weighted by Crippen LogP contribution is -2.14. The monoisotopic (exact) mass is 205 g/mol. The van der Waals surface area contributed by atoms with Crippen LogP contribution in [0.15, 0.2) is 17.1 Å². The Bertz CT molecular complexity index is 536. The number of hydrogen-bond donors (Lipinski definition) is 1. The maximum Gasteiger partial charge on any atom is 0.288 e. The Morgan fingerprint density at radius 1 is 1.53 bits per heavy atom. The molecule has 2 rings (SSSR count). The maximum absolute atomic E-state index is 11.7. The van der Waals surface area contributed by atoms with Crippen LogP contribution < -0.4 is 5.56 Å².